The molecule has 1 aromatic rings. The fourth-order valence-corrected chi connectivity index (χ4v) is 2.78. The number of aliphatic carboxylic acids is 1. The van der Waals surface area contributed by atoms with Gasteiger partial charge in [-0.1, -0.05) is 37.3 Å². The van der Waals surface area contributed by atoms with E-state index in [1.807, 2.05) is 6.07 Å². The normalized spacial score (nSPS) is 19.7. The first-order valence-corrected chi connectivity index (χ1v) is 7.97. The van der Waals surface area contributed by atoms with Gasteiger partial charge in [0.2, 0.25) is 5.91 Å². The van der Waals surface area contributed by atoms with Gasteiger partial charge in [-0.2, -0.15) is 0 Å². The first-order chi connectivity index (χ1) is 11.8. The zero-order valence-electron chi connectivity index (χ0n) is 14.2. The van der Waals surface area contributed by atoms with Crippen LogP contribution in [0.2, 0.25) is 0 Å². The van der Waals surface area contributed by atoms with E-state index in [1.165, 1.54) is 11.9 Å². The summed E-state index contributed by atoms with van der Waals surface area (Å²) in [6, 6.07) is 8.25. The number of nitrogens with one attached hydrogen (secondary N) is 1. The van der Waals surface area contributed by atoms with Crippen molar-refractivity contribution in [3.05, 3.63) is 35.9 Å². The van der Waals surface area contributed by atoms with Crippen molar-refractivity contribution in [1.29, 1.82) is 0 Å². The number of benzene rings is 1. The molecule has 1 fully saturated rings. The van der Waals surface area contributed by atoms with Crippen LogP contribution in [0.3, 0.4) is 0 Å². The van der Waals surface area contributed by atoms with Gasteiger partial charge < -0.3 is 15.3 Å². The van der Waals surface area contributed by atoms with Gasteiger partial charge in [0.15, 0.2) is 0 Å². The number of carboxylic acids is 1. The number of likely N-dealkylation sites (N-methyl/N-ethyl adjacent to an activating group) is 1. The molecule has 8 heteroatoms. The van der Waals surface area contributed by atoms with E-state index < -0.39 is 35.9 Å². The van der Waals surface area contributed by atoms with Crippen molar-refractivity contribution in [3.63, 3.8) is 0 Å². The highest BCUT2D eigenvalue weighted by molar-refractivity contribution is 6.09. The molecular weight excluding hydrogens is 326 g/mol. The molecular formula is C17H21N3O5. The van der Waals surface area contributed by atoms with Crippen LogP contribution in [0.5, 0.6) is 0 Å². The van der Waals surface area contributed by atoms with Crippen molar-refractivity contribution in [3.8, 4) is 0 Å². The zero-order chi connectivity index (χ0) is 18.6. The number of carbonyl (C=O) groups excluding carboxylic acids is 3. The van der Waals surface area contributed by atoms with Crippen LogP contribution in [0.4, 0.5) is 4.79 Å². The molecule has 1 heterocycles. The number of imide groups is 1. The molecule has 0 radical (unpaired) electrons. The summed E-state index contributed by atoms with van der Waals surface area (Å²) in [6.45, 7) is 1.38. The van der Waals surface area contributed by atoms with Gasteiger partial charge in [-0.05, 0) is 12.0 Å². The SMILES string of the molecule is CCC1(c2ccccc2)NC(=O)N(CC(=O)N(C)CCC(=O)O)C1=O. The number of carboxylic acid groups (broad SMARTS) is 1. The van der Waals surface area contributed by atoms with Gasteiger partial charge >= 0.3 is 12.0 Å². The Kier molecular flexibility index (Phi) is 5.41. The number of urea groups is 1. The van der Waals surface area contributed by atoms with E-state index in [0.717, 1.165) is 4.90 Å². The lowest BCUT2D eigenvalue weighted by atomic mass is 9.87. The predicted molar refractivity (Wildman–Crippen MR) is 88.5 cm³/mol. The standard InChI is InChI=1S/C17H21N3O5/c1-3-17(12-7-5-4-6-8-12)15(24)20(16(25)18-17)11-13(21)19(2)10-9-14(22)23/h4-8H,3,9-11H2,1-2H3,(H,18,25)(H,22,23). The van der Waals surface area contributed by atoms with Crippen molar-refractivity contribution in [2.24, 2.45) is 0 Å². The van der Waals surface area contributed by atoms with Crippen LogP contribution < -0.4 is 5.32 Å². The Labute approximate surface area is 145 Å². The highest BCUT2D eigenvalue weighted by Gasteiger charge is 2.51. The summed E-state index contributed by atoms with van der Waals surface area (Å²) in [4.78, 5) is 50.0. The van der Waals surface area contributed by atoms with Crippen LogP contribution in [0.15, 0.2) is 30.3 Å². The maximum absolute atomic E-state index is 12.9. The Balaban J connectivity index is 2.15. The topological polar surface area (TPSA) is 107 Å². The Hall–Kier alpha value is -2.90. The van der Waals surface area contributed by atoms with E-state index in [-0.39, 0.29) is 13.0 Å². The van der Waals surface area contributed by atoms with Crippen LogP contribution in [-0.2, 0) is 19.9 Å². The minimum absolute atomic E-state index is 0.00935. The van der Waals surface area contributed by atoms with Gasteiger partial charge in [0.1, 0.15) is 12.1 Å². The minimum Gasteiger partial charge on any atom is -0.481 e. The van der Waals surface area contributed by atoms with Gasteiger partial charge in [0.05, 0.1) is 6.42 Å². The molecule has 1 aliphatic rings. The van der Waals surface area contributed by atoms with Gasteiger partial charge in [0.25, 0.3) is 5.91 Å². The summed E-state index contributed by atoms with van der Waals surface area (Å²) >= 11 is 0. The summed E-state index contributed by atoms with van der Waals surface area (Å²) in [5, 5.41) is 11.4. The molecule has 1 aromatic carbocycles. The average Bonchev–Trinajstić information content (AvgIpc) is 2.85. The van der Waals surface area contributed by atoms with E-state index in [9.17, 15) is 19.2 Å². The van der Waals surface area contributed by atoms with Crippen molar-refractivity contribution < 1.29 is 24.3 Å². The highest BCUT2D eigenvalue weighted by Crippen LogP contribution is 2.32. The first-order valence-electron chi connectivity index (χ1n) is 7.97. The molecule has 25 heavy (non-hydrogen) atoms. The molecule has 8 nitrogen and oxygen atoms in total. The first kappa shape index (κ1) is 18.4. The van der Waals surface area contributed by atoms with Crippen LogP contribution >= 0.6 is 0 Å². The Morgan fingerprint density at radius 2 is 1.88 bits per heavy atom. The molecule has 134 valence electrons. The second-order valence-corrected chi connectivity index (χ2v) is 5.91. The maximum Gasteiger partial charge on any atom is 0.325 e. The molecule has 0 aliphatic carbocycles. The van der Waals surface area contributed by atoms with Gasteiger partial charge in [-0.25, -0.2) is 4.79 Å². The second kappa shape index (κ2) is 7.33. The predicted octanol–water partition coefficient (Wildman–Crippen LogP) is 0.777. The zero-order valence-corrected chi connectivity index (χ0v) is 14.2. The third kappa shape index (κ3) is 3.62. The van der Waals surface area contributed by atoms with Crippen molar-refractivity contribution in [2.45, 2.75) is 25.3 Å². The van der Waals surface area contributed by atoms with Gasteiger partial charge in [0, 0.05) is 13.6 Å². The monoisotopic (exact) mass is 347 g/mol. The summed E-state index contributed by atoms with van der Waals surface area (Å²) in [6.07, 6.45) is 0.145. The third-order valence-corrected chi connectivity index (χ3v) is 4.35. The van der Waals surface area contributed by atoms with E-state index in [0.29, 0.717) is 12.0 Å². The van der Waals surface area contributed by atoms with Crippen LogP contribution in [0, 0.1) is 0 Å². The number of amides is 4. The Bertz CT molecular complexity index is 691. The lowest BCUT2D eigenvalue weighted by Gasteiger charge is -2.26. The highest BCUT2D eigenvalue weighted by atomic mass is 16.4. The maximum atomic E-state index is 12.9. The molecule has 0 aromatic heterocycles. The molecule has 2 rings (SSSR count). The summed E-state index contributed by atoms with van der Waals surface area (Å²) in [5.74, 6) is -2.00. The number of hydrogen-bond acceptors (Lipinski definition) is 4. The smallest absolute Gasteiger partial charge is 0.325 e. The molecule has 1 saturated heterocycles. The lowest BCUT2D eigenvalue weighted by molar-refractivity contribution is -0.140. The fraction of sp³-hybridized carbons (Fsp3) is 0.412. The van der Waals surface area contributed by atoms with E-state index in [2.05, 4.69) is 5.32 Å². The fourth-order valence-electron chi connectivity index (χ4n) is 2.78. The quantitative estimate of drug-likeness (QED) is 0.709. The second-order valence-electron chi connectivity index (χ2n) is 5.91. The minimum atomic E-state index is -1.18. The summed E-state index contributed by atoms with van der Waals surface area (Å²) in [5.41, 5.74) is -0.525. The molecule has 0 bridgehead atoms. The van der Waals surface area contributed by atoms with Crippen molar-refractivity contribution in [1.82, 2.24) is 15.1 Å². The molecule has 1 unspecified atom stereocenters. The average molecular weight is 347 g/mol. The largest absolute Gasteiger partial charge is 0.481 e. The van der Waals surface area contributed by atoms with Gasteiger partial charge in [-0.3, -0.25) is 19.3 Å². The van der Waals surface area contributed by atoms with Crippen molar-refractivity contribution >= 4 is 23.8 Å². The molecule has 0 saturated carbocycles. The number of nitrogens with zero attached hydrogens (tertiary/aromatic N) is 2. The van der Waals surface area contributed by atoms with E-state index in [4.69, 9.17) is 5.11 Å². The Morgan fingerprint density at radius 1 is 1.24 bits per heavy atom. The molecule has 4 amide bonds. The number of rotatable bonds is 7. The number of hydrogen-bond donors (Lipinski definition) is 2. The summed E-state index contributed by atoms with van der Waals surface area (Å²) in [7, 11) is 1.44. The van der Waals surface area contributed by atoms with E-state index >= 15 is 0 Å². The van der Waals surface area contributed by atoms with Crippen LogP contribution in [-0.4, -0.2) is 58.9 Å². The lowest BCUT2D eigenvalue weighted by Crippen LogP contribution is -2.45. The summed E-state index contributed by atoms with van der Waals surface area (Å²) < 4.78 is 0. The number of carbonyl (C=O) groups is 4. The van der Waals surface area contributed by atoms with Gasteiger partial charge in [-0.15, -0.1) is 0 Å². The molecule has 1 aliphatic heterocycles. The Morgan fingerprint density at radius 3 is 2.44 bits per heavy atom. The van der Waals surface area contributed by atoms with Crippen molar-refractivity contribution in [2.75, 3.05) is 20.1 Å². The molecule has 1 atom stereocenters. The van der Waals surface area contributed by atoms with E-state index in [1.54, 1.807) is 31.2 Å². The van der Waals surface area contributed by atoms with Crippen LogP contribution in [0.25, 0.3) is 0 Å². The molecule has 0 spiro atoms. The third-order valence-electron chi connectivity index (χ3n) is 4.35. The van der Waals surface area contributed by atoms with Crippen LogP contribution in [0.1, 0.15) is 25.3 Å². The molecule has 2 N–H and O–H groups in total.